The number of nitrogens with one attached hydrogen (secondary N) is 1. The summed E-state index contributed by atoms with van der Waals surface area (Å²) in [4.78, 5) is 23.3. The second-order valence-corrected chi connectivity index (χ2v) is 4.34. The minimum absolute atomic E-state index is 0.0400. The van der Waals surface area contributed by atoms with Crippen molar-refractivity contribution in [2.24, 2.45) is 5.92 Å². The maximum atomic E-state index is 11.8. The summed E-state index contributed by atoms with van der Waals surface area (Å²) >= 11 is 0. The molecule has 104 valence electrons. The second kappa shape index (κ2) is 8.69. The number of rotatable bonds is 8. The van der Waals surface area contributed by atoms with Gasteiger partial charge in [-0.2, -0.15) is 0 Å². The summed E-state index contributed by atoms with van der Waals surface area (Å²) < 4.78 is 9.95. The molecule has 0 aliphatic carbocycles. The number of ether oxygens (including phenoxy) is 2. The van der Waals surface area contributed by atoms with Gasteiger partial charge in [-0.3, -0.25) is 4.79 Å². The highest BCUT2D eigenvalue weighted by Gasteiger charge is 2.26. The molecule has 5 nitrogen and oxygen atoms in total. The van der Waals surface area contributed by atoms with E-state index < -0.39 is 18.1 Å². The quantitative estimate of drug-likeness (QED) is 0.404. The number of amides is 1. The van der Waals surface area contributed by atoms with E-state index in [1.807, 2.05) is 13.8 Å². The molecule has 0 spiro atoms. The van der Waals surface area contributed by atoms with Crippen LogP contribution in [0.15, 0.2) is 12.7 Å². The van der Waals surface area contributed by atoms with Gasteiger partial charge in [0.15, 0.2) is 0 Å². The first kappa shape index (κ1) is 16.6. The van der Waals surface area contributed by atoms with Crippen molar-refractivity contribution in [3.8, 4) is 0 Å². The van der Waals surface area contributed by atoms with Crippen LogP contribution in [0.25, 0.3) is 0 Å². The number of hydrogen-bond acceptors (Lipinski definition) is 4. The molecule has 0 aliphatic rings. The van der Waals surface area contributed by atoms with Gasteiger partial charge in [-0.1, -0.05) is 19.9 Å². The van der Waals surface area contributed by atoms with Crippen molar-refractivity contribution in [3.63, 3.8) is 0 Å². The molecule has 0 aliphatic heterocycles. The molecular formula is C13H23NO4. The summed E-state index contributed by atoms with van der Waals surface area (Å²) in [7, 11) is 1.30. The van der Waals surface area contributed by atoms with Gasteiger partial charge in [-0.25, -0.2) is 4.79 Å². The lowest BCUT2D eigenvalue weighted by Gasteiger charge is -2.22. The van der Waals surface area contributed by atoms with Gasteiger partial charge in [0.05, 0.1) is 13.7 Å². The molecule has 5 heteroatoms. The standard InChI is InChI=1S/C13H23NO4/c1-6-7-8-18-10(4)12(15)14-11(9(2)3)13(16)17-5/h6,9-11H,1,7-8H2,2-5H3,(H,14,15)/t10?,11-/m0/s1. The monoisotopic (exact) mass is 257 g/mol. The fourth-order valence-electron chi connectivity index (χ4n) is 1.30. The second-order valence-electron chi connectivity index (χ2n) is 4.34. The van der Waals surface area contributed by atoms with Gasteiger partial charge in [-0.15, -0.1) is 6.58 Å². The van der Waals surface area contributed by atoms with Crippen LogP contribution in [-0.2, 0) is 19.1 Å². The van der Waals surface area contributed by atoms with Crippen molar-refractivity contribution in [3.05, 3.63) is 12.7 Å². The average Bonchev–Trinajstić information content (AvgIpc) is 2.34. The highest BCUT2D eigenvalue weighted by molar-refractivity contribution is 5.86. The molecule has 0 fully saturated rings. The Balaban J connectivity index is 4.32. The number of methoxy groups -OCH3 is 1. The Morgan fingerprint density at radius 2 is 1.94 bits per heavy atom. The Kier molecular flexibility index (Phi) is 8.03. The lowest BCUT2D eigenvalue weighted by molar-refractivity contribution is -0.148. The number of esters is 1. The van der Waals surface area contributed by atoms with E-state index in [0.29, 0.717) is 13.0 Å². The highest BCUT2D eigenvalue weighted by atomic mass is 16.5. The third kappa shape index (κ3) is 5.82. The minimum atomic E-state index is -0.645. The van der Waals surface area contributed by atoms with Crippen molar-refractivity contribution in [2.45, 2.75) is 39.3 Å². The average molecular weight is 257 g/mol. The van der Waals surface area contributed by atoms with Crippen molar-refractivity contribution in [2.75, 3.05) is 13.7 Å². The molecule has 2 atom stereocenters. The Hall–Kier alpha value is -1.36. The molecule has 1 unspecified atom stereocenters. The van der Waals surface area contributed by atoms with Gasteiger partial charge < -0.3 is 14.8 Å². The zero-order valence-electron chi connectivity index (χ0n) is 11.6. The van der Waals surface area contributed by atoms with Crippen LogP contribution in [0.1, 0.15) is 27.2 Å². The first-order valence-corrected chi connectivity index (χ1v) is 6.04. The molecule has 0 saturated carbocycles. The largest absolute Gasteiger partial charge is 0.467 e. The summed E-state index contributed by atoms with van der Waals surface area (Å²) in [6, 6.07) is -0.645. The van der Waals surface area contributed by atoms with E-state index in [0.717, 1.165) is 0 Å². The summed E-state index contributed by atoms with van der Waals surface area (Å²) in [6.07, 6.45) is 1.80. The van der Waals surface area contributed by atoms with Gasteiger partial charge in [0, 0.05) is 0 Å². The molecule has 0 rings (SSSR count). The van der Waals surface area contributed by atoms with Crippen LogP contribution in [0.5, 0.6) is 0 Å². The molecule has 0 radical (unpaired) electrons. The van der Waals surface area contributed by atoms with Crippen LogP contribution in [0, 0.1) is 5.92 Å². The summed E-state index contributed by atoms with van der Waals surface area (Å²) in [5, 5.41) is 2.63. The summed E-state index contributed by atoms with van der Waals surface area (Å²) in [5.41, 5.74) is 0. The molecule has 0 aromatic rings. The third-order valence-corrected chi connectivity index (χ3v) is 2.48. The van der Waals surface area contributed by atoms with E-state index in [1.54, 1.807) is 13.0 Å². The Labute approximate surface area is 109 Å². The molecule has 1 amide bonds. The topological polar surface area (TPSA) is 64.6 Å². The van der Waals surface area contributed by atoms with E-state index in [-0.39, 0.29) is 11.8 Å². The SMILES string of the molecule is C=CCCOC(C)C(=O)N[C@H](C(=O)OC)C(C)C. The number of carbonyl (C=O) groups excluding carboxylic acids is 2. The van der Waals surface area contributed by atoms with Gasteiger partial charge in [0.25, 0.3) is 0 Å². The molecule has 0 aromatic carbocycles. The minimum Gasteiger partial charge on any atom is -0.467 e. The van der Waals surface area contributed by atoms with Gasteiger partial charge in [-0.05, 0) is 19.3 Å². The Morgan fingerprint density at radius 1 is 1.33 bits per heavy atom. The van der Waals surface area contributed by atoms with Crippen molar-refractivity contribution < 1.29 is 19.1 Å². The van der Waals surface area contributed by atoms with Crippen LogP contribution >= 0.6 is 0 Å². The summed E-state index contributed by atoms with van der Waals surface area (Å²) in [6.45, 7) is 9.32. The number of carbonyl (C=O) groups is 2. The van der Waals surface area contributed by atoms with Gasteiger partial charge >= 0.3 is 5.97 Å². The first-order valence-electron chi connectivity index (χ1n) is 6.04. The van der Waals surface area contributed by atoms with Gasteiger partial charge in [0.2, 0.25) is 5.91 Å². The molecule has 0 aromatic heterocycles. The highest BCUT2D eigenvalue weighted by Crippen LogP contribution is 2.05. The van der Waals surface area contributed by atoms with Crippen LogP contribution in [0.3, 0.4) is 0 Å². The molecule has 18 heavy (non-hydrogen) atoms. The fourth-order valence-corrected chi connectivity index (χ4v) is 1.30. The molecule has 0 saturated heterocycles. The van der Waals surface area contributed by atoms with E-state index in [4.69, 9.17) is 4.74 Å². The van der Waals surface area contributed by atoms with E-state index in [2.05, 4.69) is 16.6 Å². The lowest BCUT2D eigenvalue weighted by Crippen LogP contribution is -2.48. The van der Waals surface area contributed by atoms with Crippen molar-refractivity contribution >= 4 is 11.9 Å². The van der Waals surface area contributed by atoms with Crippen LogP contribution < -0.4 is 5.32 Å². The van der Waals surface area contributed by atoms with E-state index in [1.165, 1.54) is 7.11 Å². The van der Waals surface area contributed by atoms with Crippen LogP contribution in [-0.4, -0.2) is 37.7 Å². The maximum absolute atomic E-state index is 11.8. The third-order valence-electron chi connectivity index (χ3n) is 2.48. The Bertz CT molecular complexity index is 289. The zero-order chi connectivity index (χ0) is 14.1. The fraction of sp³-hybridized carbons (Fsp3) is 0.692. The lowest BCUT2D eigenvalue weighted by atomic mass is 10.0. The maximum Gasteiger partial charge on any atom is 0.328 e. The van der Waals surface area contributed by atoms with E-state index >= 15 is 0 Å². The van der Waals surface area contributed by atoms with Crippen molar-refractivity contribution in [1.82, 2.24) is 5.32 Å². The molecule has 0 heterocycles. The number of hydrogen-bond donors (Lipinski definition) is 1. The predicted octanol–water partition coefficient (Wildman–Crippen LogP) is 1.28. The molecular weight excluding hydrogens is 234 g/mol. The van der Waals surface area contributed by atoms with Crippen LogP contribution in [0.2, 0.25) is 0 Å². The summed E-state index contributed by atoms with van der Waals surface area (Å²) in [5.74, 6) is -0.804. The molecule has 1 N–H and O–H groups in total. The van der Waals surface area contributed by atoms with Crippen molar-refractivity contribution in [1.29, 1.82) is 0 Å². The van der Waals surface area contributed by atoms with E-state index in [9.17, 15) is 9.59 Å². The normalized spacial score (nSPS) is 13.8. The first-order chi connectivity index (χ1) is 8.43. The predicted molar refractivity (Wildman–Crippen MR) is 69.0 cm³/mol. The molecule has 0 bridgehead atoms. The smallest absolute Gasteiger partial charge is 0.328 e. The van der Waals surface area contributed by atoms with Crippen LogP contribution in [0.4, 0.5) is 0 Å². The zero-order valence-corrected chi connectivity index (χ0v) is 11.6. The van der Waals surface area contributed by atoms with Gasteiger partial charge in [0.1, 0.15) is 12.1 Å². The Morgan fingerprint density at radius 3 is 2.39 bits per heavy atom.